The van der Waals surface area contributed by atoms with Gasteiger partial charge in [-0.2, -0.15) is 0 Å². The number of thiophene rings is 1. The van der Waals surface area contributed by atoms with Gasteiger partial charge in [-0.15, -0.1) is 11.3 Å². The molecule has 0 saturated carbocycles. The largest absolute Gasteiger partial charge is 0.223 e. The molecular formula is C22H15ClN2S. The summed E-state index contributed by atoms with van der Waals surface area (Å²) in [7, 11) is 0. The topological polar surface area (TPSA) is 25.8 Å². The maximum atomic E-state index is 6.29. The van der Waals surface area contributed by atoms with E-state index in [4.69, 9.17) is 11.6 Å². The first kappa shape index (κ1) is 15.7. The lowest BCUT2D eigenvalue weighted by atomic mass is 10.0. The predicted octanol–water partition coefficient (Wildman–Crippen LogP) is 6.64. The van der Waals surface area contributed by atoms with E-state index in [0.29, 0.717) is 5.28 Å². The Kier molecular flexibility index (Phi) is 3.84. The van der Waals surface area contributed by atoms with Crippen molar-refractivity contribution in [3.63, 3.8) is 0 Å². The van der Waals surface area contributed by atoms with Crippen LogP contribution in [0, 0.1) is 0 Å². The van der Waals surface area contributed by atoms with Crippen LogP contribution in [-0.4, -0.2) is 9.97 Å². The average Bonchev–Trinajstić information content (AvgIpc) is 3.07. The van der Waals surface area contributed by atoms with E-state index in [9.17, 15) is 0 Å². The first-order valence-electron chi connectivity index (χ1n) is 8.61. The van der Waals surface area contributed by atoms with E-state index in [2.05, 4.69) is 70.7 Å². The quantitative estimate of drug-likeness (QED) is 0.367. The monoisotopic (exact) mass is 374 g/mol. The van der Waals surface area contributed by atoms with Crippen molar-refractivity contribution in [1.82, 2.24) is 9.97 Å². The van der Waals surface area contributed by atoms with Gasteiger partial charge < -0.3 is 0 Å². The molecule has 0 aliphatic heterocycles. The first-order chi connectivity index (χ1) is 12.8. The number of nitrogens with zero attached hydrogens (tertiary/aromatic N) is 2. The first-order valence-corrected chi connectivity index (χ1v) is 9.80. The Bertz CT molecular complexity index is 1150. The van der Waals surface area contributed by atoms with Crippen molar-refractivity contribution in [2.24, 2.45) is 0 Å². The van der Waals surface area contributed by atoms with Crippen LogP contribution in [0.1, 0.15) is 16.9 Å². The molecule has 0 amide bonds. The highest BCUT2D eigenvalue weighted by molar-refractivity contribution is 7.19. The Morgan fingerprint density at radius 2 is 1.69 bits per heavy atom. The molecule has 0 atom stereocenters. The molecule has 0 bridgehead atoms. The fourth-order valence-corrected chi connectivity index (χ4v) is 4.88. The molecule has 4 heteroatoms. The molecule has 2 aromatic heterocycles. The lowest BCUT2D eigenvalue weighted by Crippen LogP contribution is -1.91. The van der Waals surface area contributed by atoms with Gasteiger partial charge in [0.2, 0.25) is 5.28 Å². The third kappa shape index (κ3) is 2.64. The van der Waals surface area contributed by atoms with Gasteiger partial charge in [-0.05, 0) is 41.6 Å². The summed E-state index contributed by atoms with van der Waals surface area (Å²) in [4.78, 5) is 10.5. The molecule has 2 nitrogen and oxygen atoms in total. The minimum absolute atomic E-state index is 0.303. The van der Waals surface area contributed by atoms with E-state index in [1.165, 1.54) is 21.6 Å². The summed E-state index contributed by atoms with van der Waals surface area (Å²) in [5.41, 5.74) is 6.54. The van der Waals surface area contributed by atoms with Crippen molar-refractivity contribution in [2.45, 2.75) is 12.8 Å². The molecule has 2 aromatic carbocycles. The summed E-state index contributed by atoms with van der Waals surface area (Å²) in [5.74, 6) is 0. The maximum Gasteiger partial charge on any atom is 0.223 e. The van der Waals surface area contributed by atoms with Gasteiger partial charge in [0.15, 0.2) is 0 Å². The van der Waals surface area contributed by atoms with Crippen LogP contribution in [0.4, 0.5) is 0 Å². The van der Waals surface area contributed by atoms with Gasteiger partial charge in [0.05, 0.1) is 15.9 Å². The van der Waals surface area contributed by atoms with Crippen LogP contribution in [0.15, 0.2) is 60.7 Å². The Labute approximate surface area is 160 Å². The molecule has 0 saturated heterocycles. The average molecular weight is 375 g/mol. The smallest absolute Gasteiger partial charge is 0.216 e. The highest BCUT2D eigenvalue weighted by Gasteiger charge is 2.19. The SMILES string of the molecule is Clc1nc(-c2cccc(-c3ccccc3)c2)c2sc3c(c2n1)C=CCC3. The second-order valence-corrected chi connectivity index (χ2v) is 7.79. The third-order valence-electron chi connectivity index (χ3n) is 4.68. The van der Waals surface area contributed by atoms with E-state index < -0.39 is 0 Å². The summed E-state index contributed by atoms with van der Waals surface area (Å²) in [5, 5.41) is 0.303. The van der Waals surface area contributed by atoms with Crippen LogP contribution in [0.25, 0.3) is 38.7 Å². The Morgan fingerprint density at radius 1 is 0.885 bits per heavy atom. The van der Waals surface area contributed by atoms with Crippen molar-refractivity contribution in [2.75, 3.05) is 0 Å². The lowest BCUT2D eigenvalue weighted by Gasteiger charge is -2.07. The molecular weight excluding hydrogens is 360 g/mol. The van der Waals surface area contributed by atoms with E-state index in [-0.39, 0.29) is 0 Å². The molecule has 126 valence electrons. The molecule has 26 heavy (non-hydrogen) atoms. The fraction of sp³-hybridized carbons (Fsp3) is 0.0909. The van der Waals surface area contributed by atoms with Gasteiger partial charge in [0.1, 0.15) is 0 Å². The Hall–Kier alpha value is -2.49. The summed E-state index contributed by atoms with van der Waals surface area (Å²) >= 11 is 8.08. The van der Waals surface area contributed by atoms with E-state index in [0.717, 1.165) is 34.3 Å². The second-order valence-electron chi connectivity index (χ2n) is 6.35. The third-order valence-corrected chi connectivity index (χ3v) is 6.12. The number of hydrogen-bond donors (Lipinski definition) is 0. The molecule has 5 rings (SSSR count). The Balaban J connectivity index is 1.73. The van der Waals surface area contributed by atoms with Crippen molar-refractivity contribution in [3.05, 3.63) is 76.4 Å². The number of halogens is 1. The molecule has 4 aromatic rings. The summed E-state index contributed by atoms with van der Waals surface area (Å²) in [6.45, 7) is 0. The van der Waals surface area contributed by atoms with Crippen LogP contribution < -0.4 is 0 Å². The number of aromatic nitrogens is 2. The van der Waals surface area contributed by atoms with Gasteiger partial charge in [-0.25, -0.2) is 9.97 Å². The Morgan fingerprint density at radius 3 is 2.58 bits per heavy atom. The van der Waals surface area contributed by atoms with Gasteiger partial charge in [-0.3, -0.25) is 0 Å². The molecule has 0 radical (unpaired) electrons. The molecule has 2 heterocycles. The zero-order valence-electron chi connectivity index (χ0n) is 13.9. The van der Waals surface area contributed by atoms with Gasteiger partial charge in [0, 0.05) is 16.0 Å². The molecule has 0 unspecified atom stereocenters. The van der Waals surface area contributed by atoms with Crippen molar-refractivity contribution < 1.29 is 0 Å². The summed E-state index contributed by atoms with van der Waals surface area (Å²) in [6.07, 6.45) is 6.53. The zero-order valence-corrected chi connectivity index (χ0v) is 15.5. The fourth-order valence-electron chi connectivity index (χ4n) is 3.46. The van der Waals surface area contributed by atoms with Crippen molar-refractivity contribution in [3.8, 4) is 22.4 Å². The van der Waals surface area contributed by atoms with E-state index in [1.807, 2.05) is 6.07 Å². The summed E-state index contributed by atoms with van der Waals surface area (Å²) in [6, 6.07) is 18.9. The number of benzene rings is 2. The highest BCUT2D eigenvalue weighted by atomic mass is 35.5. The van der Waals surface area contributed by atoms with E-state index in [1.54, 1.807) is 11.3 Å². The lowest BCUT2D eigenvalue weighted by molar-refractivity contribution is 1.01. The normalized spacial score (nSPS) is 13.1. The minimum atomic E-state index is 0.303. The van der Waals surface area contributed by atoms with Crippen LogP contribution in [0.3, 0.4) is 0 Å². The van der Waals surface area contributed by atoms with Gasteiger partial charge >= 0.3 is 0 Å². The van der Waals surface area contributed by atoms with E-state index >= 15 is 0 Å². The standard InChI is InChI=1S/C22H15ClN2S/c23-22-24-19(21-20(25-22)17-11-4-5-12-18(17)26-21)16-10-6-9-15(13-16)14-7-2-1-3-8-14/h1-4,6-11,13H,5,12H2. The number of hydrogen-bond acceptors (Lipinski definition) is 3. The highest BCUT2D eigenvalue weighted by Crippen LogP contribution is 2.40. The predicted molar refractivity (Wildman–Crippen MR) is 111 cm³/mol. The van der Waals surface area contributed by atoms with Crippen LogP contribution in [0.5, 0.6) is 0 Å². The summed E-state index contributed by atoms with van der Waals surface area (Å²) < 4.78 is 1.12. The van der Waals surface area contributed by atoms with Crippen LogP contribution in [0.2, 0.25) is 5.28 Å². The molecule has 0 N–H and O–H groups in total. The molecule has 0 spiro atoms. The van der Waals surface area contributed by atoms with Gasteiger partial charge in [0.25, 0.3) is 0 Å². The molecule has 1 aliphatic carbocycles. The number of allylic oxidation sites excluding steroid dienone is 1. The minimum Gasteiger partial charge on any atom is -0.216 e. The van der Waals surface area contributed by atoms with Crippen LogP contribution >= 0.6 is 22.9 Å². The number of fused-ring (bicyclic) bond motifs is 3. The molecule has 1 aliphatic rings. The van der Waals surface area contributed by atoms with Crippen molar-refractivity contribution >= 4 is 39.2 Å². The zero-order chi connectivity index (χ0) is 17.5. The number of aryl methyl sites for hydroxylation is 1. The maximum absolute atomic E-state index is 6.29. The van der Waals surface area contributed by atoms with Crippen molar-refractivity contribution in [1.29, 1.82) is 0 Å². The second kappa shape index (κ2) is 6.35. The van der Waals surface area contributed by atoms with Gasteiger partial charge in [-0.1, -0.05) is 60.7 Å². The number of rotatable bonds is 2. The van der Waals surface area contributed by atoms with Crippen LogP contribution in [-0.2, 0) is 6.42 Å². The molecule has 0 fully saturated rings.